The van der Waals surface area contributed by atoms with Gasteiger partial charge in [0.05, 0.1) is 67.4 Å². The fourth-order valence-electron chi connectivity index (χ4n) is 9.86. The topological polar surface area (TPSA) is 119 Å². The Morgan fingerprint density at radius 3 is 2.17 bits per heavy atom. The Kier molecular flexibility index (Phi) is 11.4. The summed E-state index contributed by atoms with van der Waals surface area (Å²) in [5, 5.41) is 26.6. The zero-order valence-corrected chi connectivity index (χ0v) is 35.0. The van der Waals surface area contributed by atoms with Gasteiger partial charge in [0, 0.05) is 65.5 Å². The van der Waals surface area contributed by atoms with E-state index in [1.54, 1.807) is 21.3 Å². The van der Waals surface area contributed by atoms with E-state index < -0.39 is 17.5 Å². The minimum absolute atomic E-state index is 0.0529. The first kappa shape index (κ1) is 41.0. The van der Waals surface area contributed by atoms with Gasteiger partial charge in [-0.05, 0) is 88.4 Å². The van der Waals surface area contributed by atoms with Gasteiger partial charge in [0.15, 0.2) is 0 Å². The van der Waals surface area contributed by atoms with Crippen LogP contribution in [0.4, 0.5) is 4.39 Å². The van der Waals surface area contributed by atoms with Crippen molar-refractivity contribution in [1.29, 1.82) is 0 Å². The third-order valence-corrected chi connectivity index (χ3v) is 14.0. The lowest BCUT2D eigenvalue weighted by atomic mass is 9.57. The first-order valence-corrected chi connectivity index (χ1v) is 20.6. The van der Waals surface area contributed by atoms with Crippen molar-refractivity contribution in [3.63, 3.8) is 0 Å². The van der Waals surface area contributed by atoms with Crippen molar-refractivity contribution in [2.75, 3.05) is 48.6 Å². The minimum Gasteiger partial charge on any atom is -0.496 e. The van der Waals surface area contributed by atoms with Gasteiger partial charge in [-0.2, -0.15) is 5.10 Å². The molecule has 2 atom stereocenters. The molecule has 5 aromatic rings. The molecule has 0 spiro atoms. The first-order valence-electron chi connectivity index (χ1n) is 20.2. The average Bonchev–Trinajstić information content (AvgIpc) is 3.70. The molecule has 13 heteroatoms. The number of carboxylic acid groups (broad SMARTS) is 1. The number of nitrogens with zero attached hydrogens (tertiary/aromatic N) is 4. The smallest absolute Gasteiger partial charge is 0.309 e. The van der Waals surface area contributed by atoms with Crippen molar-refractivity contribution < 1.29 is 38.3 Å². The van der Waals surface area contributed by atoms with Gasteiger partial charge in [-0.25, -0.2) is 9.07 Å². The maximum absolute atomic E-state index is 16.3. The van der Waals surface area contributed by atoms with Crippen LogP contribution in [0.2, 0.25) is 5.02 Å². The number of aromatic nitrogens is 2. The molecule has 59 heavy (non-hydrogen) atoms. The lowest BCUT2D eigenvalue weighted by Crippen LogP contribution is -2.57. The quantitative estimate of drug-likeness (QED) is 0.120. The second kappa shape index (κ2) is 16.4. The van der Waals surface area contributed by atoms with Crippen molar-refractivity contribution in [3.05, 3.63) is 88.8 Å². The third kappa shape index (κ3) is 7.33. The van der Waals surface area contributed by atoms with Crippen LogP contribution >= 0.6 is 11.6 Å². The monoisotopic (exact) mass is 826 g/mol. The Bertz CT molecular complexity index is 2340. The van der Waals surface area contributed by atoms with Gasteiger partial charge in [0.1, 0.15) is 23.1 Å². The first-order chi connectivity index (χ1) is 28.4. The highest BCUT2D eigenvalue weighted by atomic mass is 35.5. The second-order valence-corrected chi connectivity index (χ2v) is 16.9. The van der Waals surface area contributed by atoms with Gasteiger partial charge in [0.2, 0.25) is 0 Å². The summed E-state index contributed by atoms with van der Waals surface area (Å²) in [4.78, 5) is 16.3. The van der Waals surface area contributed by atoms with Crippen LogP contribution in [0.15, 0.2) is 66.9 Å². The summed E-state index contributed by atoms with van der Waals surface area (Å²) in [6.07, 6.45) is 6.24. The molecule has 3 aliphatic carbocycles. The summed E-state index contributed by atoms with van der Waals surface area (Å²) >= 11 is 7.25. The number of likely N-dealkylation sites (N-methyl/N-ethyl adjacent to an activating group) is 1. The standard InChI is InChI=1S/C46H52ClFN4O7/c1-50(38-12-19-59-27-39(38)53)25-35-41(57-4)22-29(23-42(35)58-5)52-37-11-7-9-31(33(37)24-49-52)32-10-6-8-30(43(32)47)28-20-36(48)34(40(21-28)56-3)26-51(2)46-16-13-45(14-17-46,15-18-46)44(54)55/h6-11,20-24,38-39,53H,12-19,25-27H2,1-5H3,(H,54,55)/t38-,39+,45?,46?/m1/s1. The second-order valence-electron chi connectivity index (χ2n) is 16.5. The Labute approximate surface area is 349 Å². The largest absolute Gasteiger partial charge is 0.496 e. The van der Waals surface area contributed by atoms with Crippen molar-refractivity contribution in [2.24, 2.45) is 5.41 Å². The van der Waals surface area contributed by atoms with Crippen LogP contribution in [0.5, 0.6) is 17.2 Å². The zero-order chi connectivity index (χ0) is 41.6. The molecule has 3 saturated carbocycles. The lowest BCUT2D eigenvalue weighted by Gasteiger charge is -2.55. The number of ether oxygens (including phenoxy) is 4. The number of hydrogen-bond acceptors (Lipinski definition) is 9. The highest BCUT2D eigenvalue weighted by Crippen LogP contribution is 2.55. The molecule has 0 amide bonds. The van der Waals surface area contributed by atoms with Gasteiger partial charge in [-0.1, -0.05) is 41.9 Å². The predicted molar refractivity (Wildman–Crippen MR) is 225 cm³/mol. The number of halogens is 2. The van der Waals surface area contributed by atoms with E-state index in [1.807, 2.05) is 79.6 Å². The summed E-state index contributed by atoms with van der Waals surface area (Å²) in [7, 11) is 8.81. The molecule has 2 N–H and O–H groups in total. The van der Waals surface area contributed by atoms with Crippen molar-refractivity contribution in [3.8, 4) is 45.2 Å². The molecule has 4 aliphatic rings. The Morgan fingerprint density at radius 2 is 1.53 bits per heavy atom. The highest BCUT2D eigenvalue weighted by Gasteiger charge is 2.54. The number of rotatable bonds is 13. The van der Waals surface area contributed by atoms with Gasteiger partial charge in [-0.15, -0.1) is 0 Å². The number of carboxylic acids is 1. The van der Waals surface area contributed by atoms with Crippen LogP contribution < -0.4 is 14.2 Å². The van der Waals surface area contributed by atoms with E-state index >= 15 is 4.39 Å². The zero-order valence-electron chi connectivity index (χ0n) is 34.3. The van der Waals surface area contributed by atoms with E-state index in [1.165, 1.54) is 6.07 Å². The number of methoxy groups -OCH3 is 3. The van der Waals surface area contributed by atoms with E-state index in [9.17, 15) is 15.0 Å². The molecule has 2 heterocycles. The number of aliphatic hydroxyl groups is 1. The summed E-state index contributed by atoms with van der Waals surface area (Å²) in [6.45, 7) is 1.75. The molecular formula is C46H52ClFN4O7. The van der Waals surface area contributed by atoms with Crippen molar-refractivity contribution in [2.45, 2.75) is 75.7 Å². The number of carbonyl (C=O) groups is 1. The molecule has 11 nitrogen and oxygen atoms in total. The molecule has 0 unspecified atom stereocenters. The van der Waals surface area contributed by atoms with Crippen LogP contribution in [0.3, 0.4) is 0 Å². The lowest BCUT2D eigenvalue weighted by molar-refractivity contribution is -0.160. The molecule has 1 saturated heterocycles. The molecule has 1 aromatic heterocycles. The van der Waals surface area contributed by atoms with Crippen LogP contribution in [0.1, 0.15) is 56.1 Å². The number of hydrogen-bond donors (Lipinski definition) is 2. The predicted octanol–water partition coefficient (Wildman–Crippen LogP) is 8.37. The Balaban J connectivity index is 1.08. The Hall–Kier alpha value is -4.72. The molecule has 0 radical (unpaired) electrons. The molecule has 4 aromatic carbocycles. The van der Waals surface area contributed by atoms with E-state index in [-0.39, 0.29) is 17.4 Å². The van der Waals surface area contributed by atoms with Crippen LogP contribution in [-0.4, -0.2) is 102 Å². The third-order valence-electron chi connectivity index (χ3n) is 13.6. The van der Waals surface area contributed by atoms with E-state index in [0.717, 1.165) is 59.0 Å². The molecule has 312 valence electrons. The van der Waals surface area contributed by atoms with E-state index in [4.69, 9.17) is 35.6 Å². The number of aliphatic hydroxyl groups excluding tert-OH is 1. The van der Waals surface area contributed by atoms with Gasteiger partial charge < -0.3 is 29.2 Å². The average molecular weight is 827 g/mol. The maximum Gasteiger partial charge on any atom is 0.309 e. The van der Waals surface area contributed by atoms with Crippen LogP contribution in [0, 0.1) is 11.2 Å². The van der Waals surface area contributed by atoms with Gasteiger partial charge in [0.25, 0.3) is 0 Å². The summed E-state index contributed by atoms with van der Waals surface area (Å²) in [5.74, 6) is 0.632. The van der Waals surface area contributed by atoms with E-state index in [0.29, 0.717) is 84.5 Å². The molecule has 4 fully saturated rings. The Morgan fingerprint density at radius 1 is 0.898 bits per heavy atom. The van der Waals surface area contributed by atoms with Crippen LogP contribution in [0.25, 0.3) is 38.8 Å². The molecule has 9 rings (SSSR count). The normalized spacial score (nSPS) is 22.9. The fourth-order valence-corrected chi connectivity index (χ4v) is 10.2. The molecule has 2 bridgehead atoms. The van der Waals surface area contributed by atoms with Crippen molar-refractivity contribution in [1.82, 2.24) is 19.6 Å². The van der Waals surface area contributed by atoms with Gasteiger partial charge >= 0.3 is 5.97 Å². The van der Waals surface area contributed by atoms with Crippen LogP contribution in [-0.2, 0) is 22.6 Å². The summed E-state index contributed by atoms with van der Waals surface area (Å²) in [5.41, 5.74) is 5.03. The number of benzene rings is 4. The fraction of sp³-hybridized carbons (Fsp3) is 0.435. The number of fused-ring (bicyclic) bond motifs is 4. The maximum atomic E-state index is 16.3. The summed E-state index contributed by atoms with van der Waals surface area (Å²) < 4.78 is 41.2. The molecular weight excluding hydrogens is 775 g/mol. The number of aliphatic carboxylic acids is 1. The SMILES string of the molecule is COc1cc(-c2cccc(-c3cccc4c3cnn4-c3cc(OC)c(CN(C)[C@@H]4CCOC[C@@H]4O)c(OC)c3)c2Cl)cc(F)c1CN(C)C12CCC(C(=O)O)(CC1)CC2. The minimum atomic E-state index is -0.691. The highest BCUT2D eigenvalue weighted by molar-refractivity contribution is 6.36. The van der Waals surface area contributed by atoms with Crippen molar-refractivity contribution >= 4 is 28.5 Å². The van der Waals surface area contributed by atoms with E-state index in [2.05, 4.69) is 9.80 Å². The molecule has 1 aliphatic heterocycles. The summed E-state index contributed by atoms with van der Waals surface area (Å²) in [6, 6.07) is 18.9. The van der Waals surface area contributed by atoms with Gasteiger partial charge in [-0.3, -0.25) is 14.6 Å².